The summed E-state index contributed by atoms with van der Waals surface area (Å²) in [6.07, 6.45) is 4.20. The number of fused-ring (bicyclic) bond motifs is 1. The predicted octanol–water partition coefficient (Wildman–Crippen LogP) is 2.53. The van der Waals surface area contributed by atoms with Crippen molar-refractivity contribution in [1.29, 1.82) is 0 Å². The number of nitrogens with one attached hydrogen (secondary N) is 1. The van der Waals surface area contributed by atoms with Gasteiger partial charge in [0.05, 0.1) is 6.20 Å². The Labute approximate surface area is 111 Å². The minimum absolute atomic E-state index is 0.834. The molecule has 0 spiro atoms. The number of aromatic nitrogens is 2. The SMILES string of the molecule is CN1CCCc2cc(CNc3cnns3)ccc21. The summed E-state index contributed by atoms with van der Waals surface area (Å²) in [5, 5.41) is 8.17. The normalized spacial score (nSPS) is 14.4. The summed E-state index contributed by atoms with van der Waals surface area (Å²) in [6.45, 7) is 2.00. The van der Waals surface area contributed by atoms with Crippen LogP contribution in [0.4, 0.5) is 10.7 Å². The van der Waals surface area contributed by atoms with Crippen LogP contribution in [-0.4, -0.2) is 23.2 Å². The third kappa shape index (κ3) is 2.31. The minimum atomic E-state index is 0.834. The Kier molecular flexibility index (Phi) is 3.15. The highest BCUT2D eigenvalue weighted by molar-refractivity contribution is 7.09. The lowest BCUT2D eigenvalue weighted by Crippen LogP contribution is -2.24. The van der Waals surface area contributed by atoms with Crippen molar-refractivity contribution in [2.45, 2.75) is 19.4 Å². The average Bonchev–Trinajstić information content (AvgIpc) is 2.90. The molecule has 94 valence electrons. The number of rotatable bonds is 3. The summed E-state index contributed by atoms with van der Waals surface area (Å²) in [5.41, 5.74) is 4.16. The Morgan fingerprint density at radius 1 is 1.44 bits per heavy atom. The fourth-order valence-electron chi connectivity index (χ4n) is 2.38. The first-order chi connectivity index (χ1) is 8.83. The molecule has 0 atom stereocenters. The van der Waals surface area contributed by atoms with Gasteiger partial charge in [-0.3, -0.25) is 0 Å². The smallest absolute Gasteiger partial charge is 0.130 e. The van der Waals surface area contributed by atoms with E-state index in [-0.39, 0.29) is 0 Å². The van der Waals surface area contributed by atoms with Gasteiger partial charge in [0.2, 0.25) is 0 Å². The zero-order valence-corrected chi connectivity index (χ0v) is 11.2. The molecule has 0 unspecified atom stereocenters. The van der Waals surface area contributed by atoms with Crippen LogP contribution in [-0.2, 0) is 13.0 Å². The third-order valence-corrected chi connectivity index (χ3v) is 3.95. The van der Waals surface area contributed by atoms with Crippen molar-refractivity contribution in [3.05, 3.63) is 35.5 Å². The van der Waals surface area contributed by atoms with E-state index in [0.717, 1.165) is 18.1 Å². The maximum atomic E-state index is 3.84. The Morgan fingerprint density at radius 2 is 2.39 bits per heavy atom. The summed E-state index contributed by atoms with van der Waals surface area (Å²) >= 11 is 1.39. The fourth-order valence-corrected chi connectivity index (χ4v) is 2.80. The van der Waals surface area contributed by atoms with Crippen molar-refractivity contribution in [2.75, 3.05) is 23.8 Å². The van der Waals surface area contributed by atoms with E-state index in [9.17, 15) is 0 Å². The van der Waals surface area contributed by atoms with Gasteiger partial charge in [-0.15, -0.1) is 5.10 Å². The molecule has 0 aliphatic carbocycles. The zero-order valence-electron chi connectivity index (χ0n) is 10.4. The number of nitrogens with zero attached hydrogens (tertiary/aromatic N) is 3. The third-order valence-electron chi connectivity index (χ3n) is 3.32. The van der Waals surface area contributed by atoms with E-state index in [1.54, 1.807) is 6.20 Å². The molecular weight excluding hydrogens is 244 g/mol. The number of anilines is 2. The first-order valence-electron chi connectivity index (χ1n) is 6.17. The van der Waals surface area contributed by atoms with Gasteiger partial charge in [-0.1, -0.05) is 16.6 Å². The van der Waals surface area contributed by atoms with Gasteiger partial charge in [0.15, 0.2) is 0 Å². The molecule has 2 aromatic rings. The number of hydrogen-bond acceptors (Lipinski definition) is 5. The minimum Gasteiger partial charge on any atom is -0.374 e. The summed E-state index contributed by atoms with van der Waals surface area (Å²) in [7, 11) is 2.17. The van der Waals surface area contributed by atoms with Gasteiger partial charge in [0, 0.05) is 37.4 Å². The molecule has 18 heavy (non-hydrogen) atoms. The van der Waals surface area contributed by atoms with Crippen molar-refractivity contribution in [3.63, 3.8) is 0 Å². The summed E-state index contributed by atoms with van der Waals surface area (Å²) in [6, 6.07) is 6.74. The van der Waals surface area contributed by atoms with Crippen LogP contribution >= 0.6 is 11.5 Å². The van der Waals surface area contributed by atoms with Crippen LogP contribution in [0.1, 0.15) is 17.5 Å². The second kappa shape index (κ2) is 4.94. The molecule has 0 amide bonds. The molecule has 1 aliphatic heterocycles. The Hall–Kier alpha value is -1.62. The monoisotopic (exact) mass is 260 g/mol. The molecular formula is C13H16N4S. The quantitative estimate of drug-likeness (QED) is 0.920. The molecule has 1 aliphatic rings. The van der Waals surface area contributed by atoms with Gasteiger partial charge >= 0.3 is 0 Å². The highest BCUT2D eigenvalue weighted by Gasteiger charge is 2.13. The van der Waals surface area contributed by atoms with Gasteiger partial charge in [0.1, 0.15) is 5.00 Å². The lowest BCUT2D eigenvalue weighted by atomic mass is 9.99. The van der Waals surface area contributed by atoms with E-state index in [2.05, 4.69) is 45.1 Å². The second-order valence-electron chi connectivity index (χ2n) is 4.62. The molecule has 0 saturated carbocycles. The van der Waals surface area contributed by atoms with Crippen LogP contribution in [0.2, 0.25) is 0 Å². The fraction of sp³-hybridized carbons (Fsp3) is 0.385. The highest BCUT2D eigenvalue weighted by Crippen LogP contribution is 2.27. The summed E-state index contributed by atoms with van der Waals surface area (Å²) in [4.78, 5) is 2.34. The number of benzene rings is 1. The van der Waals surface area contributed by atoms with Crippen molar-refractivity contribution in [3.8, 4) is 0 Å². The topological polar surface area (TPSA) is 41.0 Å². The van der Waals surface area contributed by atoms with E-state index in [0.29, 0.717) is 0 Å². The summed E-state index contributed by atoms with van der Waals surface area (Å²) in [5.74, 6) is 0. The first-order valence-corrected chi connectivity index (χ1v) is 6.94. The lowest BCUT2D eigenvalue weighted by molar-refractivity contribution is 0.743. The molecule has 0 radical (unpaired) electrons. The van der Waals surface area contributed by atoms with E-state index < -0.39 is 0 Å². The molecule has 5 heteroatoms. The maximum Gasteiger partial charge on any atom is 0.130 e. The van der Waals surface area contributed by atoms with Crippen LogP contribution in [0, 0.1) is 0 Å². The van der Waals surface area contributed by atoms with E-state index >= 15 is 0 Å². The van der Waals surface area contributed by atoms with Crippen molar-refractivity contribution in [1.82, 2.24) is 9.59 Å². The van der Waals surface area contributed by atoms with E-state index in [1.807, 2.05) is 0 Å². The molecule has 3 rings (SSSR count). The van der Waals surface area contributed by atoms with Gasteiger partial charge in [-0.25, -0.2) is 0 Å². The van der Waals surface area contributed by atoms with Crippen LogP contribution in [0.3, 0.4) is 0 Å². The van der Waals surface area contributed by atoms with Gasteiger partial charge < -0.3 is 10.2 Å². The number of aryl methyl sites for hydroxylation is 1. The van der Waals surface area contributed by atoms with E-state index in [1.165, 1.54) is 41.2 Å². The standard InChI is InChI=1S/C13H16N4S/c1-17-6-2-3-11-7-10(4-5-12(11)17)8-14-13-9-15-16-18-13/h4-5,7,9,14H,2-3,6,8H2,1H3. The molecule has 0 bridgehead atoms. The predicted molar refractivity (Wildman–Crippen MR) is 75.3 cm³/mol. The van der Waals surface area contributed by atoms with Crippen LogP contribution < -0.4 is 10.2 Å². The average molecular weight is 260 g/mol. The molecule has 1 N–H and O–H groups in total. The van der Waals surface area contributed by atoms with Crippen molar-refractivity contribution < 1.29 is 0 Å². The summed E-state index contributed by atoms with van der Waals surface area (Å²) < 4.78 is 3.84. The Balaban J connectivity index is 1.74. The first kappa shape index (κ1) is 11.5. The second-order valence-corrected chi connectivity index (χ2v) is 5.41. The van der Waals surface area contributed by atoms with Crippen LogP contribution in [0.15, 0.2) is 24.4 Å². The van der Waals surface area contributed by atoms with Gasteiger partial charge in [-0.2, -0.15) is 0 Å². The number of hydrogen-bond donors (Lipinski definition) is 1. The van der Waals surface area contributed by atoms with Crippen LogP contribution in [0.5, 0.6) is 0 Å². The molecule has 4 nitrogen and oxygen atoms in total. The highest BCUT2D eigenvalue weighted by atomic mass is 32.1. The molecule has 0 fully saturated rings. The van der Waals surface area contributed by atoms with Gasteiger partial charge in [0.25, 0.3) is 0 Å². The Morgan fingerprint density at radius 3 is 3.22 bits per heavy atom. The van der Waals surface area contributed by atoms with Crippen LogP contribution in [0.25, 0.3) is 0 Å². The van der Waals surface area contributed by atoms with Gasteiger partial charge in [-0.05, 0) is 30.0 Å². The van der Waals surface area contributed by atoms with Crippen molar-refractivity contribution in [2.24, 2.45) is 0 Å². The molecule has 1 aromatic carbocycles. The van der Waals surface area contributed by atoms with Crippen molar-refractivity contribution >= 4 is 22.2 Å². The maximum absolute atomic E-state index is 3.84. The largest absolute Gasteiger partial charge is 0.374 e. The lowest BCUT2D eigenvalue weighted by Gasteiger charge is -2.27. The van der Waals surface area contributed by atoms with E-state index in [4.69, 9.17) is 0 Å². The zero-order chi connectivity index (χ0) is 12.4. The molecule has 2 heterocycles. The molecule has 0 saturated heterocycles. The Bertz CT molecular complexity index is 524. The molecule has 1 aromatic heterocycles.